The maximum Gasteiger partial charge on any atom is 0.300 e. The lowest BCUT2D eigenvalue weighted by Gasteiger charge is -2.12. The third-order valence-corrected chi connectivity index (χ3v) is 8.26. The highest BCUT2D eigenvalue weighted by atomic mass is 35.5. The lowest BCUT2D eigenvalue weighted by molar-refractivity contribution is -0.134. The molecule has 9 nitrogen and oxygen atoms in total. The normalized spacial score (nSPS) is 13.9. The largest absolute Gasteiger partial charge is 0.495 e. The van der Waals surface area contributed by atoms with Crippen LogP contribution in [-0.2, 0) is 20.6 Å². The number of methoxy groups -OCH3 is 1. The van der Waals surface area contributed by atoms with Crippen LogP contribution in [0.3, 0.4) is 0 Å². The van der Waals surface area contributed by atoms with Gasteiger partial charge >= 0.3 is 0 Å². The van der Waals surface area contributed by atoms with Crippen molar-refractivity contribution >= 4 is 56.6 Å². The number of carboxylic acid groups (broad SMARTS) is 1. The topological polar surface area (TPSA) is 131 Å². The molecule has 1 aliphatic carbocycles. The Morgan fingerprint density at radius 3 is 2.51 bits per heavy atom. The molecule has 2 heterocycles. The summed E-state index contributed by atoms with van der Waals surface area (Å²) in [6.45, 7) is 4.82. The number of hydrogen-bond acceptors (Lipinski definition) is 7. The van der Waals surface area contributed by atoms with Gasteiger partial charge in [0.2, 0.25) is 5.91 Å². The summed E-state index contributed by atoms with van der Waals surface area (Å²) in [5.74, 6) is -0.217. The second-order valence-corrected chi connectivity index (χ2v) is 11.0. The molecule has 1 atom stereocenters. The summed E-state index contributed by atoms with van der Waals surface area (Å²) in [5, 5.41) is 11.4. The molecule has 1 aromatic carbocycles. The molecule has 0 saturated heterocycles. The number of carboxylic acids is 1. The maximum absolute atomic E-state index is 13.1. The van der Waals surface area contributed by atoms with Gasteiger partial charge in [0.1, 0.15) is 15.8 Å². The van der Waals surface area contributed by atoms with E-state index in [2.05, 4.69) is 20.0 Å². The Morgan fingerprint density at radius 1 is 1.22 bits per heavy atom. The highest BCUT2D eigenvalue weighted by Crippen LogP contribution is 2.37. The summed E-state index contributed by atoms with van der Waals surface area (Å²) in [6.07, 6.45) is 5.62. The molecule has 0 spiro atoms. The second kappa shape index (κ2) is 13.0. The molecule has 0 radical (unpaired) electrons. The summed E-state index contributed by atoms with van der Waals surface area (Å²) in [7, 11) is -0.0591. The zero-order valence-electron chi connectivity index (χ0n) is 21.0. The first-order valence-corrected chi connectivity index (χ1v) is 13.9. The predicted octanol–water partition coefficient (Wildman–Crippen LogP) is 5.84. The number of aliphatic carboxylic acids is 1. The summed E-state index contributed by atoms with van der Waals surface area (Å²) >= 11 is 7.40. The van der Waals surface area contributed by atoms with Gasteiger partial charge in [-0.15, -0.1) is 0 Å². The molecule has 1 amide bonds. The van der Waals surface area contributed by atoms with Crippen LogP contribution in [0.15, 0.2) is 35.4 Å². The number of amides is 1. The third-order valence-electron chi connectivity index (χ3n) is 5.60. The number of benzene rings is 1. The fourth-order valence-corrected chi connectivity index (χ4v) is 5.92. The van der Waals surface area contributed by atoms with Gasteiger partial charge in [0.15, 0.2) is 16.1 Å². The Hall–Kier alpha value is -3.02. The van der Waals surface area contributed by atoms with E-state index in [0.717, 1.165) is 54.3 Å². The molecule has 2 aromatic heterocycles. The first-order valence-electron chi connectivity index (χ1n) is 11.6. The number of ether oxygens (including phenoxy) is 1. The van der Waals surface area contributed by atoms with E-state index in [1.54, 1.807) is 12.1 Å². The highest BCUT2D eigenvalue weighted by molar-refractivity contribution is 7.86. The number of carbonyl (C=O) groups is 2. The van der Waals surface area contributed by atoms with Crippen molar-refractivity contribution in [1.29, 1.82) is 0 Å². The van der Waals surface area contributed by atoms with Crippen molar-refractivity contribution in [3.05, 3.63) is 46.9 Å². The van der Waals surface area contributed by atoms with Crippen LogP contribution in [0.4, 0.5) is 10.8 Å². The first-order chi connectivity index (χ1) is 17.6. The molecule has 1 fully saturated rings. The van der Waals surface area contributed by atoms with Gasteiger partial charge < -0.3 is 15.2 Å². The molecule has 1 unspecified atom stereocenters. The molecular formula is C25H29ClN4O5S2. The van der Waals surface area contributed by atoms with Gasteiger partial charge in [0, 0.05) is 12.8 Å². The van der Waals surface area contributed by atoms with Crippen molar-refractivity contribution in [3.8, 4) is 16.2 Å². The fraction of sp³-hybridized carbons (Fsp3) is 0.360. The Morgan fingerprint density at radius 2 is 1.89 bits per heavy atom. The quantitative estimate of drug-likeness (QED) is 0.307. The lowest BCUT2D eigenvalue weighted by atomic mass is 10.1. The molecule has 1 aliphatic rings. The monoisotopic (exact) mass is 564 g/mol. The Balaban J connectivity index is 0.000000886. The Kier molecular flexibility index (Phi) is 10.0. The fourth-order valence-electron chi connectivity index (χ4n) is 3.85. The van der Waals surface area contributed by atoms with Crippen molar-refractivity contribution in [2.45, 2.75) is 51.3 Å². The van der Waals surface area contributed by atoms with Gasteiger partial charge in [-0.1, -0.05) is 35.8 Å². The lowest BCUT2D eigenvalue weighted by Crippen LogP contribution is -2.20. The minimum atomic E-state index is -1.60. The molecular weight excluding hydrogens is 536 g/mol. The number of aromatic nitrogens is 2. The zero-order chi connectivity index (χ0) is 27.1. The van der Waals surface area contributed by atoms with Crippen LogP contribution >= 0.6 is 22.9 Å². The van der Waals surface area contributed by atoms with Gasteiger partial charge in [0.25, 0.3) is 5.97 Å². The number of carbonyl (C=O) groups excluding carboxylic acids is 1. The number of pyridine rings is 1. The van der Waals surface area contributed by atoms with E-state index in [4.69, 9.17) is 26.2 Å². The molecule has 3 aromatic rings. The summed E-state index contributed by atoms with van der Waals surface area (Å²) in [6, 6.07) is 7.29. The van der Waals surface area contributed by atoms with E-state index in [-0.39, 0.29) is 11.8 Å². The van der Waals surface area contributed by atoms with E-state index >= 15 is 0 Å². The molecule has 198 valence electrons. The summed E-state index contributed by atoms with van der Waals surface area (Å²) < 4.78 is 21.5. The minimum Gasteiger partial charge on any atom is -0.495 e. The van der Waals surface area contributed by atoms with E-state index < -0.39 is 17.0 Å². The molecule has 37 heavy (non-hydrogen) atoms. The number of halogens is 1. The molecule has 0 bridgehead atoms. The van der Waals surface area contributed by atoms with Crippen LogP contribution in [0.25, 0.3) is 10.4 Å². The van der Waals surface area contributed by atoms with Gasteiger partial charge in [-0.05, 0) is 62.1 Å². The number of rotatable bonds is 7. The van der Waals surface area contributed by atoms with Crippen LogP contribution in [-0.4, -0.2) is 38.3 Å². The third kappa shape index (κ3) is 7.73. The van der Waals surface area contributed by atoms with Crippen molar-refractivity contribution in [3.63, 3.8) is 0 Å². The van der Waals surface area contributed by atoms with Crippen LogP contribution in [0.5, 0.6) is 5.75 Å². The molecule has 3 N–H and O–H groups in total. The minimum absolute atomic E-state index is 0.0420. The number of aryl methyl sites for hydroxylation is 2. The predicted molar refractivity (Wildman–Crippen MR) is 147 cm³/mol. The van der Waals surface area contributed by atoms with E-state index in [1.165, 1.54) is 24.6 Å². The van der Waals surface area contributed by atoms with Crippen LogP contribution in [0.1, 0.15) is 43.9 Å². The van der Waals surface area contributed by atoms with Gasteiger partial charge in [0.05, 0.1) is 29.6 Å². The number of anilines is 2. The molecule has 0 aliphatic heterocycles. The second-order valence-electron chi connectivity index (χ2n) is 8.49. The summed E-state index contributed by atoms with van der Waals surface area (Å²) in [5.41, 5.74) is 3.03. The van der Waals surface area contributed by atoms with Crippen molar-refractivity contribution in [2.75, 3.05) is 17.1 Å². The van der Waals surface area contributed by atoms with E-state index in [0.29, 0.717) is 26.6 Å². The standard InChI is InChI=1S/C23H25ClN4O3S2.C2H4O2/c1-13-10-17(12-25-21(13)24)28-33(30)19-11-16(8-9-18(19)31-3)20-14(2)26-23(32-20)27-22(29)15-6-4-5-7-15;1-2(3)4/h8-12,15,28H,4-7H2,1-3H3,(H,26,27,29);1H3,(H,3,4). The highest BCUT2D eigenvalue weighted by Gasteiger charge is 2.24. The van der Waals surface area contributed by atoms with Crippen LogP contribution in [0.2, 0.25) is 5.15 Å². The Labute approximate surface area is 227 Å². The van der Waals surface area contributed by atoms with Gasteiger partial charge in [-0.2, -0.15) is 0 Å². The number of hydrogen-bond donors (Lipinski definition) is 3. The van der Waals surface area contributed by atoms with Gasteiger partial charge in [-0.3, -0.25) is 14.3 Å². The molecule has 4 rings (SSSR count). The average molecular weight is 565 g/mol. The first kappa shape index (κ1) is 28.5. The van der Waals surface area contributed by atoms with Gasteiger partial charge in [-0.25, -0.2) is 14.2 Å². The van der Waals surface area contributed by atoms with Crippen LogP contribution in [0, 0.1) is 19.8 Å². The zero-order valence-corrected chi connectivity index (χ0v) is 23.4. The molecule has 12 heteroatoms. The maximum atomic E-state index is 13.1. The number of nitrogens with one attached hydrogen (secondary N) is 2. The smallest absolute Gasteiger partial charge is 0.300 e. The van der Waals surface area contributed by atoms with Crippen LogP contribution < -0.4 is 14.8 Å². The number of thiazole rings is 1. The van der Waals surface area contributed by atoms with Crippen molar-refractivity contribution < 1.29 is 23.6 Å². The van der Waals surface area contributed by atoms with E-state index in [9.17, 15) is 9.00 Å². The summed E-state index contributed by atoms with van der Waals surface area (Å²) in [4.78, 5) is 31.5. The van der Waals surface area contributed by atoms with E-state index in [1.807, 2.05) is 26.0 Å². The molecule has 1 saturated carbocycles. The van der Waals surface area contributed by atoms with Crippen molar-refractivity contribution in [1.82, 2.24) is 9.97 Å². The Bertz CT molecular complexity index is 1300. The average Bonchev–Trinajstić information content (AvgIpc) is 3.51. The number of nitrogens with zero attached hydrogens (tertiary/aromatic N) is 2. The SMILES string of the molecule is CC(=O)O.COc1ccc(-c2sc(NC(=O)C3CCCC3)nc2C)cc1S(=O)Nc1cnc(Cl)c(C)c1. The van der Waals surface area contributed by atoms with Crippen molar-refractivity contribution in [2.24, 2.45) is 5.92 Å².